The first-order chi connectivity index (χ1) is 8.13. The molecule has 96 valence electrons. The van der Waals surface area contributed by atoms with Gasteiger partial charge in [0.2, 0.25) is 0 Å². The molecule has 0 amide bonds. The number of aryl methyl sites for hydroxylation is 1. The SMILES string of the molecule is CCCn1nccc1CN1CCNCC1(C)C. The van der Waals surface area contributed by atoms with Crippen LogP contribution in [0.1, 0.15) is 32.9 Å². The smallest absolute Gasteiger partial charge is 0.0524 e. The molecular weight excluding hydrogens is 212 g/mol. The van der Waals surface area contributed by atoms with Gasteiger partial charge in [0.05, 0.1) is 5.69 Å². The first-order valence-corrected chi connectivity index (χ1v) is 6.60. The zero-order valence-corrected chi connectivity index (χ0v) is 11.2. The first kappa shape index (κ1) is 12.6. The van der Waals surface area contributed by atoms with E-state index in [0.717, 1.165) is 39.1 Å². The summed E-state index contributed by atoms with van der Waals surface area (Å²) in [7, 11) is 0. The molecule has 2 heterocycles. The highest BCUT2D eigenvalue weighted by Crippen LogP contribution is 2.19. The molecule has 1 aromatic heterocycles. The lowest BCUT2D eigenvalue weighted by Gasteiger charge is -2.42. The fourth-order valence-electron chi connectivity index (χ4n) is 2.42. The van der Waals surface area contributed by atoms with Crippen LogP contribution in [-0.4, -0.2) is 39.9 Å². The van der Waals surface area contributed by atoms with E-state index in [1.54, 1.807) is 0 Å². The van der Waals surface area contributed by atoms with Gasteiger partial charge < -0.3 is 5.32 Å². The second-order valence-electron chi connectivity index (χ2n) is 5.46. The molecule has 0 unspecified atom stereocenters. The predicted octanol–water partition coefficient (Wildman–Crippen LogP) is 1.48. The third-order valence-corrected chi connectivity index (χ3v) is 3.56. The molecule has 0 aliphatic carbocycles. The molecule has 0 atom stereocenters. The van der Waals surface area contributed by atoms with Crippen molar-refractivity contribution >= 4 is 0 Å². The van der Waals surface area contributed by atoms with Gasteiger partial charge in [-0.1, -0.05) is 6.92 Å². The number of aromatic nitrogens is 2. The summed E-state index contributed by atoms with van der Waals surface area (Å²) in [6.07, 6.45) is 3.06. The Hall–Kier alpha value is -0.870. The van der Waals surface area contributed by atoms with Gasteiger partial charge in [0.1, 0.15) is 0 Å². The number of piperazine rings is 1. The number of rotatable bonds is 4. The van der Waals surface area contributed by atoms with Gasteiger partial charge in [-0.15, -0.1) is 0 Å². The van der Waals surface area contributed by atoms with Crippen LogP contribution in [0.2, 0.25) is 0 Å². The Labute approximate surface area is 104 Å². The summed E-state index contributed by atoms with van der Waals surface area (Å²) >= 11 is 0. The van der Waals surface area contributed by atoms with Crippen molar-refractivity contribution < 1.29 is 0 Å². The fraction of sp³-hybridized carbons (Fsp3) is 0.769. The van der Waals surface area contributed by atoms with Crippen molar-refractivity contribution in [3.8, 4) is 0 Å². The molecule has 2 rings (SSSR count). The van der Waals surface area contributed by atoms with Gasteiger partial charge in [-0.3, -0.25) is 9.58 Å². The van der Waals surface area contributed by atoms with Gasteiger partial charge in [-0.2, -0.15) is 5.10 Å². The summed E-state index contributed by atoms with van der Waals surface area (Å²) in [4.78, 5) is 2.55. The zero-order valence-electron chi connectivity index (χ0n) is 11.2. The van der Waals surface area contributed by atoms with Crippen molar-refractivity contribution in [3.63, 3.8) is 0 Å². The highest BCUT2D eigenvalue weighted by Gasteiger charge is 2.29. The third kappa shape index (κ3) is 2.87. The Balaban J connectivity index is 2.06. The van der Waals surface area contributed by atoms with Crippen molar-refractivity contribution in [2.45, 2.75) is 45.8 Å². The highest BCUT2D eigenvalue weighted by atomic mass is 15.3. The van der Waals surface area contributed by atoms with E-state index in [-0.39, 0.29) is 5.54 Å². The van der Waals surface area contributed by atoms with Crippen LogP contribution in [0.3, 0.4) is 0 Å². The summed E-state index contributed by atoms with van der Waals surface area (Å²) in [6, 6.07) is 2.15. The largest absolute Gasteiger partial charge is 0.314 e. The normalized spacial score (nSPS) is 20.6. The number of hydrogen-bond donors (Lipinski definition) is 1. The Kier molecular flexibility index (Phi) is 3.84. The summed E-state index contributed by atoms with van der Waals surface area (Å²) in [5, 5.41) is 7.85. The van der Waals surface area contributed by atoms with Crippen molar-refractivity contribution in [2.75, 3.05) is 19.6 Å². The molecule has 17 heavy (non-hydrogen) atoms. The molecule has 1 aliphatic rings. The fourth-order valence-corrected chi connectivity index (χ4v) is 2.42. The molecule has 1 aliphatic heterocycles. The van der Waals surface area contributed by atoms with E-state index >= 15 is 0 Å². The van der Waals surface area contributed by atoms with Crippen LogP contribution < -0.4 is 5.32 Å². The highest BCUT2D eigenvalue weighted by molar-refractivity contribution is 5.03. The summed E-state index contributed by atoms with van der Waals surface area (Å²) in [5.74, 6) is 0. The van der Waals surface area contributed by atoms with Crippen LogP contribution in [0.15, 0.2) is 12.3 Å². The third-order valence-electron chi connectivity index (χ3n) is 3.56. The molecule has 1 N–H and O–H groups in total. The molecule has 1 saturated heterocycles. The van der Waals surface area contributed by atoms with Crippen LogP contribution in [0.25, 0.3) is 0 Å². The predicted molar refractivity (Wildman–Crippen MR) is 69.9 cm³/mol. The van der Waals surface area contributed by atoms with Gasteiger partial charge in [-0.05, 0) is 26.3 Å². The minimum absolute atomic E-state index is 0.236. The average molecular weight is 236 g/mol. The van der Waals surface area contributed by atoms with Crippen LogP contribution in [0, 0.1) is 0 Å². The molecule has 0 saturated carbocycles. The topological polar surface area (TPSA) is 33.1 Å². The van der Waals surface area contributed by atoms with E-state index in [1.165, 1.54) is 5.69 Å². The standard InChI is InChI=1S/C13H24N4/c1-4-8-17-12(5-6-15-17)10-16-9-7-14-11-13(16,2)3/h5-6,14H,4,7-11H2,1-3H3. The monoisotopic (exact) mass is 236 g/mol. The number of nitrogens with zero attached hydrogens (tertiary/aromatic N) is 3. The Morgan fingerprint density at radius 3 is 3.00 bits per heavy atom. The van der Waals surface area contributed by atoms with Crippen LogP contribution in [-0.2, 0) is 13.1 Å². The molecule has 1 fully saturated rings. The second-order valence-corrected chi connectivity index (χ2v) is 5.46. The van der Waals surface area contributed by atoms with Crippen molar-refractivity contribution in [2.24, 2.45) is 0 Å². The zero-order chi connectivity index (χ0) is 12.3. The Morgan fingerprint density at radius 1 is 1.47 bits per heavy atom. The van der Waals surface area contributed by atoms with Crippen molar-refractivity contribution in [1.29, 1.82) is 0 Å². The maximum absolute atomic E-state index is 4.39. The summed E-state index contributed by atoms with van der Waals surface area (Å²) in [5.41, 5.74) is 1.57. The molecule has 4 heteroatoms. The molecule has 0 radical (unpaired) electrons. The van der Waals surface area contributed by atoms with E-state index < -0.39 is 0 Å². The molecule has 1 aromatic rings. The summed E-state index contributed by atoms with van der Waals surface area (Å²) in [6.45, 7) is 12.1. The maximum atomic E-state index is 4.39. The van der Waals surface area contributed by atoms with Crippen LogP contribution in [0.5, 0.6) is 0 Å². The molecule has 0 spiro atoms. The van der Waals surface area contributed by atoms with E-state index in [9.17, 15) is 0 Å². The molecular formula is C13H24N4. The minimum atomic E-state index is 0.236. The quantitative estimate of drug-likeness (QED) is 0.859. The van der Waals surface area contributed by atoms with Crippen LogP contribution in [0.4, 0.5) is 0 Å². The van der Waals surface area contributed by atoms with E-state index in [4.69, 9.17) is 0 Å². The lowest BCUT2D eigenvalue weighted by Crippen LogP contribution is -2.57. The van der Waals surface area contributed by atoms with Crippen molar-refractivity contribution in [3.05, 3.63) is 18.0 Å². The first-order valence-electron chi connectivity index (χ1n) is 6.60. The second kappa shape index (κ2) is 5.19. The average Bonchev–Trinajstić information content (AvgIpc) is 2.70. The van der Waals surface area contributed by atoms with Gasteiger partial charge >= 0.3 is 0 Å². The molecule has 0 aromatic carbocycles. The lowest BCUT2D eigenvalue weighted by molar-refractivity contribution is 0.0797. The molecule has 0 bridgehead atoms. The van der Waals surface area contributed by atoms with Gasteiger partial charge in [0, 0.05) is 44.5 Å². The van der Waals surface area contributed by atoms with E-state index in [2.05, 4.69) is 46.8 Å². The number of nitrogens with one attached hydrogen (secondary N) is 1. The Bertz CT molecular complexity index is 356. The van der Waals surface area contributed by atoms with Crippen LogP contribution >= 0.6 is 0 Å². The van der Waals surface area contributed by atoms with Gasteiger partial charge in [0.15, 0.2) is 0 Å². The minimum Gasteiger partial charge on any atom is -0.314 e. The number of hydrogen-bond acceptors (Lipinski definition) is 3. The maximum Gasteiger partial charge on any atom is 0.0524 e. The van der Waals surface area contributed by atoms with Gasteiger partial charge in [-0.25, -0.2) is 0 Å². The summed E-state index contributed by atoms with van der Waals surface area (Å²) < 4.78 is 2.14. The Morgan fingerprint density at radius 2 is 2.29 bits per heavy atom. The van der Waals surface area contributed by atoms with E-state index in [0.29, 0.717) is 0 Å². The van der Waals surface area contributed by atoms with Gasteiger partial charge in [0.25, 0.3) is 0 Å². The van der Waals surface area contributed by atoms with E-state index in [1.807, 2.05) is 6.20 Å². The molecule has 4 nitrogen and oxygen atoms in total. The lowest BCUT2D eigenvalue weighted by atomic mass is 10.00. The van der Waals surface area contributed by atoms with Crippen molar-refractivity contribution in [1.82, 2.24) is 20.0 Å².